The molecule has 1 aromatic rings. The highest BCUT2D eigenvalue weighted by Gasteiger charge is 2.16. The van der Waals surface area contributed by atoms with Crippen molar-refractivity contribution < 1.29 is 13.2 Å². The van der Waals surface area contributed by atoms with Gasteiger partial charge < -0.3 is 0 Å². The van der Waals surface area contributed by atoms with Gasteiger partial charge in [0.1, 0.15) is 9.84 Å². The monoisotopic (exact) mass is 286 g/mol. The molecule has 1 rings (SSSR count). The molecule has 0 saturated heterocycles. The predicted molar refractivity (Wildman–Crippen MR) is 77.1 cm³/mol. The van der Waals surface area contributed by atoms with E-state index in [1.165, 1.54) is 18.0 Å². The maximum atomic E-state index is 12.0. The lowest BCUT2D eigenvalue weighted by Gasteiger charge is -2.10. The summed E-state index contributed by atoms with van der Waals surface area (Å²) in [6.45, 7) is 3.79. The van der Waals surface area contributed by atoms with Crippen LogP contribution in [-0.2, 0) is 9.84 Å². The molecule has 0 fully saturated rings. The molecule has 3 nitrogen and oxygen atoms in total. The van der Waals surface area contributed by atoms with E-state index in [-0.39, 0.29) is 16.8 Å². The normalized spacial score (nSPS) is 13.3. The first-order chi connectivity index (χ1) is 8.29. The van der Waals surface area contributed by atoms with Gasteiger partial charge in [0.25, 0.3) is 0 Å². The highest BCUT2D eigenvalue weighted by Crippen LogP contribution is 2.17. The van der Waals surface area contributed by atoms with Crippen LogP contribution in [-0.4, -0.2) is 37.2 Å². The van der Waals surface area contributed by atoms with Crippen molar-refractivity contribution in [2.75, 3.05) is 17.8 Å². The van der Waals surface area contributed by atoms with Crippen molar-refractivity contribution in [3.05, 3.63) is 35.4 Å². The van der Waals surface area contributed by atoms with E-state index in [0.29, 0.717) is 11.3 Å². The molecule has 100 valence electrons. The molecule has 1 atom stereocenters. The average molecular weight is 286 g/mol. The van der Waals surface area contributed by atoms with Crippen molar-refractivity contribution in [2.24, 2.45) is 0 Å². The Labute approximate surface area is 113 Å². The van der Waals surface area contributed by atoms with E-state index < -0.39 is 9.84 Å². The standard InChI is InChI=1S/C13H18O3S2/c1-10-4-6-12(7-5-10)13(14)11(2)17-8-9-18(3,15)16/h4-7,11H,8-9H2,1-3H3. The zero-order valence-electron chi connectivity index (χ0n) is 10.8. The molecule has 0 heterocycles. The maximum absolute atomic E-state index is 12.0. The van der Waals surface area contributed by atoms with Crippen LogP contribution >= 0.6 is 11.8 Å². The smallest absolute Gasteiger partial charge is 0.175 e. The molecule has 0 aliphatic carbocycles. The number of hydrogen-bond acceptors (Lipinski definition) is 4. The van der Waals surface area contributed by atoms with Crippen molar-refractivity contribution in [3.8, 4) is 0 Å². The SMILES string of the molecule is Cc1ccc(C(=O)C(C)SCCS(C)(=O)=O)cc1. The Hall–Kier alpha value is -0.810. The average Bonchev–Trinajstić information content (AvgIpc) is 2.27. The molecule has 5 heteroatoms. The Morgan fingerprint density at radius 2 is 1.83 bits per heavy atom. The molecule has 0 saturated carbocycles. The van der Waals surface area contributed by atoms with Gasteiger partial charge in [0.2, 0.25) is 0 Å². The number of rotatable bonds is 6. The van der Waals surface area contributed by atoms with Gasteiger partial charge in [-0.1, -0.05) is 29.8 Å². The van der Waals surface area contributed by atoms with Gasteiger partial charge in [-0.2, -0.15) is 0 Å². The van der Waals surface area contributed by atoms with Gasteiger partial charge in [-0.05, 0) is 13.8 Å². The molecule has 18 heavy (non-hydrogen) atoms. The van der Waals surface area contributed by atoms with E-state index >= 15 is 0 Å². The van der Waals surface area contributed by atoms with Crippen molar-refractivity contribution in [3.63, 3.8) is 0 Å². The Balaban J connectivity index is 2.54. The summed E-state index contributed by atoms with van der Waals surface area (Å²) >= 11 is 1.38. The first kappa shape index (κ1) is 15.2. The van der Waals surface area contributed by atoms with E-state index in [9.17, 15) is 13.2 Å². The van der Waals surface area contributed by atoms with Crippen LogP contribution in [0, 0.1) is 6.92 Å². The fourth-order valence-electron chi connectivity index (χ4n) is 1.40. The van der Waals surface area contributed by atoms with Gasteiger partial charge in [-0.25, -0.2) is 8.42 Å². The Morgan fingerprint density at radius 3 is 2.33 bits per heavy atom. The zero-order chi connectivity index (χ0) is 13.8. The number of aryl methyl sites for hydroxylation is 1. The van der Waals surface area contributed by atoms with Crippen LogP contribution in [0.15, 0.2) is 24.3 Å². The van der Waals surface area contributed by atoms with Crippen LogP contribution in [0.25, 0.3) is 0 Å². The lowest BCUT2D eigenvalue weighted by atomic mass is 10.1. The molecule has 0 radical (unpaired) electrons. The number of carbonyl (C=O) groups is 1. The number of ketones is 1. The highest BCUT2D eigenvalue weighted by molar-refractivity contribution is 8.01. The van der Waals surface area contributed by atoms with Crippen molar-refractivity contribution in [1.29, 1.82) is 0 Å². The Kier molecular flexibility index (Phi) is 5.41. The predicted octanol–water partition coefficient (Wildman–Crippen LogP) is 2.34. The van der Waals surface area contributed by atoms with Crippen LogP contribution < -0.4 is 0 Å². The second kappa shape index (κ2) is 6.38. The molecule has 0 aromatic heterocycles. The van der Waals surface area contributed by atoms with Gasteiger partial charge >= 0.3 is 0 Å². The summed E-state index contributed by atoms with van der Waals surface area (Å²) in [5.74, 6) is 0.620. The minimum atomic E-state index is -2.95. The summed E-state index contributed by atoms with van der Waals surface area (Å²) in [7, 11) is -2.95. The van der Waals surface area contributed by atoms with E-state index in [4.69, 9.17) is 0 Å². The minimum Gasteiger partial charge on any atom is -0.293 e. The lowest BCUT2D eigenvalue weighted by molar-refractivity contribution is 0.0994. The van der Waals surface area contributed by atoms with E-state index in [0.717, 1.165) is 5.56 Å². The van der Waals surface area contributed by atoms with E-state index in [1.54, 1.807) is 0 Å². The quantitative estimate of drug-likeness (QED) is 0.753. The summed E-state index contributed by atoms with van der Waals surface area (Å²) < 4.78 is 22.0. The zero-order valence-corrected chi connectivity index (χ0v) is 12.5. The number of hydrogen-bond donors (Lipinski definition) is 0. The number of thioether (sulfide) groups is 1. The van der Waals surface area contributed by atoms with Crippen molar-refractivity contribution >= 4 is 27.4 Å². The molecular weight excluding hydrogens is 268 g/mol. The van der Waals surface area contributed by atoms with Crippen LogP contribution in [0.5, 0.6) is 0 Å². The second-order valence-corrected chi connectivity index (χ2v) is 8.08. The third-order valence-corrected chi connectivity index (χ3v) is 4.89. The number of benzene rings is 1. The van der Waals surface area contributed by atoms with Crippen LogP contribution in [0.1, 0.15) is 22.8 Å². The molecule has 0 spiro atoms. The fourth-order valence-corrected chi connectivity index (χ4v) is 3.64. The first-order valence-corrected chi connectivity index (χ1v) is 8.81. The van der Waals surface area contributed by atoms with Gasteiger partial charge in [0, 0.05) is 17.6 Å². The molecule has 1 aromatic carbocycles. The summed E-state index contributed by atoms with van der Waals surface area (Å²) in [4.78, 5) is 12.0. The van der Waals surface area contributed by atoms with Gasteiger partial charge in [0.15, 0.2) is 5.78 Å². The molecular formula is C13H18O3S2. The van der Waals surface area contributed by atoms with E-state index in [2.05, 4.69) is 0 Å². The summed E-state index contributed by atoms with van der Waals surface area (Å²) in [5, 5.41) is -0.213. The van der Waals surface area contributed by atoms with Crippen LogP contribution in [0.2, 0.25) is 0 Å². The minimum absolute atomic E-state index is 0.0495. The molecule has 0 N–H and O–H groups in total. The van der Waals surface area contributed by atoms with Crippen molar-refractivity contribution in [2.45, 2.75) is 19.1 Å². The van der Waals surface area contributed by atoms with E-state index in [1.807, 2.05) is 38.1 Å². The highest BCUT2D eigenvalue weighted by atomic mass is 32.2. The van der Waals surface area contributed by atoms with Crippen LogP contribution in [0.4, 0.5) is 0 Å². The Bertz CT molecular complexity index is 504. The number of Topliss-reactive ketones (excluding diaryl/α,β-unsaturated/α-hetero) is 1. The third kappa shape index (κ3) is 5.23. The number of sulfone groups is 1. The summed E-state index contributed by atoms with van der Waals surface area (Å²) in [6, 6.07) is 7.43. The fraction of sp³-hybridized carbons (Fsp3) is 0.462. The van der Waals surface area contributed by atoms with Gasteiger partial charge in [0.05, 0.1) is 11.0 Å². The third-order valence-electron chi connectivity index (χ3n) is 2.53. The van der Waals surface area contributed by atoms with Gasteiger partial charge in [-0.15, -0.1) is 11.8 Å². The second-order valence-electron chi connectivity index (χ2n) is 4.37. The Morgan fingerprint density at radius 1 is 1.28 bits per heavy atom. The van der Waals surface area contributed by atoms with Crippen molar-refractivity contribution in [1.82, 2.24) is 0 Å². The first-order valence-electron chi connectivity index (χ1n) is 5.70. The topological polar surface area (TPSA) is 51.2 Å². The molecule has 0 aliphatic heterocycles. The lowest BCUT2D eigenvalue weighted by Crippen LogP contribution is -2.16. The molecule has 0 bridgehead atoms. The maximum Gasteiger partial charge on any atom is 0.175 e. The van der Waals surface area contributed by atoms with Gasteiger partial charge in [-0.3, -0.25) is 4.79 Å². The summed E-state index contributed by atoms with van der Waals surface area (Å²) in [5.41, 5.74) is 1.80. The molecule has 1 unspecified atom stereocenters. The summed E-state index contributed by atoms with van der Waals surface area (Å²) in [6.07, 6.45) is 1.21. The molecule has 0 amide bonds. The largest absolute Gasteiger partial charge is 0.293 e. The number of carbonyl (C=O) groups excluding carboxylic acids is 1. The van der Waals surface area contributed by atoms with Crippen LogP contribution in [0.3, 0.4) is 0 Å². The molecule has 0 aliphatic rings.